The number of hydrogen-bond acceptors (Lipinski definition) is 5. The van der Waals surface area contributed by atoms with Crippen molar-refractivity contribution in [3.8, 4) is 0 Å². The lowest BCUT2D eigenvalue weighted by molar-refractivity contribution is -0.187. The number of carbonyl (C=O) groups excluding carboxylic acids is 2. The quantitative estimate of drug-likeness (QED) is 0.442. The van der Waals surface area contributed by atoms with E-state index in [1.165, 1.54) is 0 Å². The van der Waals surface area contributed by atoms with Gasteiger partial charge in [-0.25, -0.2) is 0 Å². The number of rotatable bonds is 2. The first-order valence-electron chi connectivity index (χ1n) is 13.0. The fourth-order valence-electron chi connectivity index (χ4n) is 6.30. The van der Waals surface area contributed by atoms with Gasteiger partial charge in [0.15, 0.2) is 0 Å². The summed E-state index contributed by atoms with van der Waals surface area (Å²) < 4.78 is 6.14. The second-order valence-electron chi connectivity index (χ2n) is 10.8. The molecule has 2 aliphatic heterocycles. The van der Waals surface area contributed by atoms with E-state index in [1.54, 1.807) is 0 Å². The molecule has 4 rings (SSSR count). The van der Waals surface area contributed by atoms with Crippen molar-refractivity contribution < 1.29 is 24.5 Å². The molecule has 0 aromatic heterocycles. The van der Waals surface area contributed by atoms with Gasteiger partial charge in [0.05, 0.1) is 18.1 Å². The lowest BCUT2D eigenvalue weighted by atomic mass is 9.59. The molecule has 0 unspecified atom stereocenters. The largest absolute Gasteiger partial charge is 0.448 e. The predicted octanol–water partition coefficient (Wildman–Crippen LogP) is 3.72. The predicted molar refractivity (Wildman–Crippen MR) is 134 cm³/mol. The van der Waals surface area contributed by atoms with Gasteiger partial charge in [0.2, 0.25) is 5.60 Å². The first-order chi connectivity index (χ1) is 16.7. The minimum Gasteiger partial charge on any atom is -0.448 e. The Labute approximate surface area is 208 Å². The summed E-state index contributed by atoms with van der Waals surface area (Å²) in [5, 5.41) is 24.8. The van der Waals surface area contributed by atoms with E-state index in [9.17, 15) is 19.8 Å². The number of hydrogen-bond donors (Lipinski definition) is 3. The van der Waals surface area contributed by atoms with Gasteiger partial charge in [-0.3, -0.25) is 9.59 Å². The molecule has 0 bridgehead atoms. The molecule has 35 heavy (non-hydrogen) atoms. The highest BCUT2D eigenvalue weighted by Gasteiger charge is 2.67. The van der Waals surface area contributed by atoms with E-state index in [1.807, 2.05) is 49.4 Å². The second-order valence-corrected chi connectivity index (χ2v) is 10.8. The van der Waals surface area contributed by atoms with Gasteiger partial charge in [-0.2, -0.15) is 0 Å². The molecule has 6 nitrogen and oxygen atoms in total. The number of aliphatic hydroxyl groups excluding tert-OH is 2. The first-order valence-corrected chi connectivity index (χ1v) is 13.0. The number of allylic oxidation sites excluding steroid dienone is 1. The number of ether oxygens (including phenoxy) is 1. The topological polar surface area (TPSA) is 95.9 Å². The summed E-state index contributed by atoms with van der Waals surface area (Å²) in [6, 6.07) is 9.66. The zero-order valence-electron chi connectivity index (χ0n) is 20.9. The van der Waals surface area contributed by atoms with Gasteiger partial charge < -0.3 is 20.3 Å². The van der Waals surface area contributed by atoms with Crippen LogP contribution in [0.15, 0.2) is 54.6 Å². The Morgan fingerprint density at radius 2 is 1.86 bits per heavy atom. The van der Waals surface area contributed by atoms with Crippen LogP contribution in [0.25, 0.3) is 0 Å². The van der Waals surface area contributed by atoms with Crippen LogP contribution in [0.2, 0.25) is 0 Å². The Morgan fingerprint density at radius 3 is 2.60 bits per heavy atom. The van der Waals surface area contributed by atoms with E-state index in [2.05, 4.69) is 18.8 Å². The van der Waals surface area contributed by atoms with Crippen LogP contribution in [0.3, 0.4) is 0 Å². The van der Waals surface area contributed by atoms with Crippen molar-refractivity contribution in [3.63, 3.8) is 0 Å². The number of esters is 1. The Balaban J connectivity index is 1.75. The van der Waals surface area contributed by atoms with Crippen molar-refractivity contribution in [2.24, 2.45) is 23.7 Å². The monoisotopic (exact) mass is 481 g/mol. The van der Waals surface area contributed by atoms with Gasteiger partial charge in [0.25, 0.3) is 5.91 Å². The lowest BCUT2D eigenvalue weighted by Gasteiger charge is -2.49. The Bertz CT molecular complexity index is 959. The molecular formula is C29H39NO5. The molecule has 0 radical (unpaired) electrons. The third-order valence-electron chi connectivity index (χ3n) is 8.32. The lowest BCUT2D eigenvalue weighted by Crippen LogP contribution is -2.61. The summed E-state index contributed by atoms with van der Waals surface area (Å²) in [5.74, 6) is -1.80. The van der Waals surface area contributed by atoms with Crippen molar-refractivity contribution in [2.75, 3.05) is 0 Å². The van der Waals surface area contributed by atoms with Crippen molar-refractivity contribution in [3.05, 3.63) is 60.2 Å². The number of aliphatic hydroxyl groups is 2. The summed E-state index contributed by atoms with van der Waals surface area (Å²) in [5.41, 5.74) is 0.219. The molecule has 1 aromatic rings. The molecule has 8 atom stereocenters. The van der Waals surface area contributed by atoms with Crippen LogP contribution < -0.4 is 5.32 Å². The fourth-order valence-corrected chi connectivity index (χ4v) is 6.30. The average molecular weight is 482 g/mol. The average Bonchev–Trinajstić information content (AvgIpc) is 3.09. The zero-order valence-corrected chi connectivity index (χ0v) is 20.9. The summed E-state index contributed by atoms with van der Waals surface area (Å²) in [6.45, 7) is 8.32. The molecule has 1 saturated carbocycles. The summed E-state index contributed by atoms with van der Waals surface area (Å²) in [6.07, 6.45) is 6.53. The molecule has 1 spiro atoms. The summed E-state index contributed by atoms with van der Waals surface area (Å²) >= 11 is 0. The first kappa shape index (κ1) is 25.6. The molecule has 1 amide bonds. The van der Waals surface area contributed by atoms with Gasteiger partial charge >= 0.3 is 5.97 Å². The van der Waals surface area contributed by atoms with E-state index in [0.29, 0.717) is 30.8 Å². The standard InChI is InChI=1S/C29H39NO5/c1-18-9-7-13-22(31)15-16-25(32)35-29-23(14-8-10-18)27(33)20(3)19(2)26(29)24(30-28(29)34)17-21-11-5-4-6-12-21/h4-6,8,11-12,14,18-19,22-24,26-27,31,33H,3,7,9-10,13,15-17H2,1-2H3,(H,30,34)/b14-8+/t18-,19-,22-,23+,24+,26+,27-,29+/m1/s1. The van der Waals surface area contributed by atoms with E-state index in [0.717, 1.165) is 24.8 Å². The maximum Gasteiger partial charge on any atom is 0.306 e. The maximum atomic E-state index is 13.8. The van der Waals surface area contributed by atoms with Gasteiger partial charge in [-0.1, -0.05) is 75.8 Å². The number of carbonyl (C=O) groups is 2. The van der Waals surface area contributed by atoms with E-state index in [-0.39, 0.29) is 30.2 Å². The van der Waals surface area contributed by atoms with Crippen molar-refractivity contribution in [1.29, 1.82) is 0 Å². The molecule has 6 heteroatoms. The zero-order chi connectivity index (χ0) is 25.2. The van der Waals surface area contributed by atoms with Crippen molar-refractivity contribution in [1.82, 2.24) is 5.32 Å². The van der Waals surface area contributed by atoms with Crippen LogP contribution in [-0.2, 0) is 20.7 Å². The fraction of sp³-hybridized carbons (Fsp3) is 0.586. The molecule has 3 aliphatic rings. The van der Waals surface area contributed by atoms with Gasteiger partial charge in [-0.05, 0) is 48.7 Å². The van der Waals surface area contributed by atoms with Crippen LogP contribution in [0.1, 0.15) is 57.9 Å². The van der Waals surface area contributed by atoms with Gasteiger partial charge in [0.1, 0.15) is 0 Å². The third kappa shape index (κ3) is 5.10. The Morgan fingerprint density at radius 1 is 1.11 bits per heavy atom. The van der Waals surface area contributed by atoms with E-state index in [4.69, 9.17) is 4.74 Å². The van der Waals surface area contributed by atoms with E-state index < -0.39 is 29.7 Å². The van der Waals surface area contributed by atoms with Gasteiger partial charge in [0, 0.05) is 18.4 Å². The normalized spacial score (nSPS) is 39.5. The number of nitrogens with one attached hydrogen (secondary N) is 1. The molecular weight excluding hydrogens is 442 g/mol. The minimum atomic E-state index is -1.52. The second kappa shape index (κ2) is 10.7. The molecule has 3 N–H and O–H groups in total. The van der Waals surface area contributed by atoms with Crippen LogP contribution in [-0.4, -0.2) is 45.9 Å². The van der Waals surface area contributed by atoms with E-state index >= 15 is 0 Å². The van der Waals surface area contributed by atoms with Crippen molar-refractivity contribution >= 4 is 11.9 Å². The Hall–Kier alpha value is -2.44. The van der Waals surface area contributed by atoms with Crippen molar-refractivity contribution in [2.45, 2.75) is 82.6 Å². The molecule has 1 aromatic carbocycles. The Kier molecular flexibility index (Phi) is 7.82. The SMILES string of the molecule is C=C1[C@@H](C)[C@H]2[C@H](Cc3ccccc3)NC(=O)[C@@]23OC(=O)CC[C@H](O)CCC[C@@H](C)C/C=C/[C@H]3[C@@H]1O. The highest BCUT2D eigenvalue weighted by Crippen LogP contribution is 2.52. The smallest absolute Gasteiger partial charge is 0.306 e. The number of benzene rings is 1. The molecule has 1 saturated heterocycles. The summed E-state index contributed by atoms with van der Waals surface area (Å²) in [4.78, 5) is 26.9. The third-order valence-corrected chi connectivity index (χ3v) is 8.32. The van der Waals surface area contributed by atoms with Crippen LogP contribution in [0, 0.1) is 23.7 Å². The highest BCUT2D eigenvalue weighted by molar-refractivity contribution is 5.92. The highest BCUT2D eigenvalue weighted by atomic mass is 16.6. The minimum absolute atomic E-state index is 0.0314. The molecule has 2 heterocycles. The van der Waals surface area contributed by atoms with Crippen LogP contribution >= 0.6 is 0 Å². The molecule has 190 valence electrons. The maximum absolute atomic E-state index is 13.8. The van der Waals surface area contributed by atoms with Gasteiger partial charge in [-0.15, -0.1) is 0 Å². The van der Waals surface area contributed by atoms with Crippen LogP contribution in [0.5, 0.6) is 0 Å². The summed E-state index contributed by atoms with van der Waals surface area (Å²) in [7, 11) is 0. The molecule has 2 fully saturated rings. The van der Waals surface area contributed by atoms with Crippen LogP contribution in [0.4, 0.5) is 0 Å². The molecule has 1 aliphatic carbocycles. The number of amides is 1.